The zero-order valence-corrected chi connectivity index (χ0v) is 15.7. The van der Waals surface area contributed by atoms with Crippen molar-refractivity contribution in [1.29, 1.82) is 0 Å². The van der Waals surface area contributed by atoms with Gasteiger partial charge >= 0.3 is 10.1 Å². The van der Waals surface area contributed by atoms with Gasteiger partial charge in [0.15, 0.2) is 0 Å². The Morgan fingerprint density at radius 3 is 2.68 bits per heavy atom. The molecule has 2 heterocycles. The minimum Gasteiger partial charge on any atom is -0.370 e. The molecule has 0 unspecified atom stereocenters. The minimum absolute atomic E-state index is 0.0278. The van der Waals surface area contributed by atoms with Gasteiger partial charge in [0, 0.05) is 6.54 Å². The van der Waals surface area contributed by atoms with E-state index in [9.17, 15) is 13.2 Å². The number of thiophene rings is 1. The summed E-state index contributed by atoms with van der Waals surface area (Å²) in [5.41, 5.74) is 0.977. The molecule has 0 radical (unpaired) electrons. The van der Waals surface area contributed by atoms with E-state index < -0.39 is 15.7 Å². The number of fused-ring (bicyclic) bond motifs is 1. The number of anilines is 2. The molecule has 0 bridgehead atoms. The first-order valence-corrected chi connectivity index (χ1v) is 10.2. The van der Waals surface area contributed by atoms with Gasteiger partial charge in [-0.3, -0.25) is 8.98 Å². The topological polar surface area (TPSA) is 75.7 Å². The fourth-order valence-electron chi connectivity index (χ4n) is 2.73. The molecule has 0 saturated heterocycles. The maximum absolute atomic E-state index is 12.7. The van der Waals surface area contributed by atoms with Crippen LogP contribution >= 0.6 is 11.3 Å². The molecule has 0 atom stereocenters. The Kier molecular flexibility index (Phi) is 4.86. The van der Waals surface area contributed by atoms with E-state index >= 15 is 0 Å². The molecule has 0 saturated carbocycles. The Morgan fingerprint density at radius 2 is 1.96 bits per heavy atom. The van der Waals surface area contributed by atoms with Crippen molar-refractivity contribution in [3.8, 4) is 0 Å². The van der Waals surface area contributed by atoms with Gasteiger partial charge in [-0.2, -0.15) is 8.42 Å². The Labute approximate surface area is 151 Å². The lowest BCUT2D eigenvalue weighted by molar-refractivity contribution is -0.122. The molecule has 1 aliphatic heterocycles. The van der Waals surface area contributed by atoms with Crippen LogP contribution in [-0.4, -0.2) is 33.0 Å². The second kappa shape index (κ2) is 6.78. The average Bonchev–Trinajstić information content (AvgIpc) is 3.09. The number of amides is 1. The van der Waals surface area contributed by atoms with Crippen molar-refractivity contribution in [2.24, 2.45) is 0 Å². The highest BCUT2D eigenvalue weighted by molar-refractivity contribution is 7.89. The Morgan fingerprint density at radius 1 is 1.20 bits per heavy atom. The standard InChI is InChI=1S/C17H20N2O4S2/c1-17(2)16(20)19(14-8-4-3-7-13(14)18-17)10-6-11-23-25(21,22)15-9-5-12-24-15/h3-5,7-9,12,18H,6,10-11H2,1-2H3. The number of nitrogens with zero attached hydrogens (tertiary/aromatic N) is 1. The lowest BCUT2D eigenvalue weighted by atomic mass is 9.98. The molecule has 6 nitrogen and oxygen atoms in total. The van der Waals surface area contributed by atoms with Gasteiger partial charge in [0.25, 0.3) is 5.91 Å². The lowest BCUT2D eigenvalue weighted by Crippen LogP contribution is -2.54. The summed E-state index contributed by atoms with van der Waals surface area (Å²) < 4.78 is 29.3. The summed E-state index contributed by atoms with van der Waals surface area (Å²) >= 11 is 1.12. The van der Waals surface area contributed by atoms with Gasteiger partial charge in [0.2, 0.25) is 0 Å². The molecule has 1 N–H and O–H groups in total. The summed E-state index contributed by atoms with van der Waals surface area (Å²) in [7, 11) is -3.71. The van der Waals surface area contributed by atoms with Gasteiger partial charge < -0.3 is 10.2 Å². The van der Waals surface area contributed by atoms with Gasteiger partial charge in [-0.05, 0) is 43.8 Å². The summed E-state index contributed by atoms with van der Waals surface area (Å²) in [5, 5.41) is 4.92. The number of carbonyl (C=O) groups is 1. The van der Waals surface area contributed by atoms with Crippen LogP contribution in [0.4, 0.5) is 11.4 Å². The quantitative estimate of drug-likeness (QED) is 0.616. The van der Waals surface area contributed by atoms with E-state index in [0.29, 0.717) is 13.0 Å². The fraction of sp³-hybridized carbons (Fsp3) is 0.353. The number of hydrogen-bond acceptors (Lipinski definition) is 6. The Balaban J connectivity index is 1.66. The molecule has 134 valence electrons. The normalized spacial score (nSPS) is 16.4. The van der Waals surface area contributed by atoms with E-state index in [4.69, 9.17) is 4.18 Å². The van der Waals surface area contributed by atoms with E-state index in [0.717, 1.165) is 22.7 Å². The van der Waals surface area contributed by atoms with Crippen molar-refractivity contribution in [2.75, 3.05) is 23.4 Å². The highest BCUT2D eigenvalue weighted by Gasteiger charge is 2.38. The molecule has 0 fully saturated rings. The predicted molar refractivity (Wildman–Crippen MR) is 98.6 cm³/mol. The first-order chi connectivity index (χ1) is 11.8. The van der Waals surface area contributed by atoms with Crippen LogP contribution in [0.15, 0.2) is 46.0 Å². The highest BCUT2D eigenvalue weighted by Crippen LogP contribution is 2.35. The molecule has 2 aromatic rings. The zero-order chi connectivity index (χ0) is 18.1. The molecule has 0 aliphatic carbocycles. The molecule has 1 amide bonds. The van der Waals surface area contributed by atoms with E-state index in [2.05, 4.69) is 5.32 Å². The van der Waals surface area contributed by atoms with Gasteiger partial charge in [0.05, 0.1) is 18.0 Å². The van der Waals surface area contributed by atoms with Gasteiger partial charge in [-0.15, -0.1) is 11.3 Å². The van der Waals surface area contributed by atoms with Crippen LogP contribution in [-0.2, 0) is 19.1 Å². The predicted octanol–water partition coefficient (Wildman–Crippen LogP) is 3.08. The number of rotatable bonds is 6. The molecule has 1 aromatic heterocycles. The lowest BCUT2D eigenvalue weighted by Gasteiger charge is -2.40. The van der Waals surface area contributed by atoms with Crippen LogP contribution < -0.4 is 10.2 Å². The molecule has 25 heavy (non-hydrogen) atoms. The molecule has 0 spiro atoms. The molecular formula is C17H20N2O4S2. The Bertz CT molecular complexity index is 861. The van der Waals surface area contributed by atoms with E-state index in [1.54, 1.807) is 16.3 Å². The second-order valence-corrected chi connectivity index (χ2v) is 9.08. The molecule has 3 rings (SSSR count). The molecule has 1 aliphatic rings. The maximum Gasteiger partial charge on any atom is 0.306 e. The molecule has 8 heteroatoms. The maximum atomic E-state index is 12.7. The SMILES string of the molecule is CC1(C)Nc2ccccc2N(CCCOS(=O)(=O)c2cccs2)C1=O. The molecular weight excluding hydrogens is 360 g/mol. The zero-order valence-electron chi connectivity index (χ0n) is 14.1. The van der Waals surface area contributed by atoms with Crippen LogP contribution in [0.3, 0.4) is 0 Å². The van der Waals surface area contributed by atoms with Crippen LogP contribution in [0.25, 0.3) is 0 Å². The van der Waals surface area contributed by atoms with Gasteiger partial charge in [-0.1, -0.05) is 18.2 Å². The van der Waals surface area contributed by atoms with Gasteiger partial charge in [-0.25, -0.2) is 0 Å². The first kappa shape index (κ1) is 17.9. The first-order valence-electron chi connectivity index (χ1n) is 7.93. The van der Waals surface area contributed by atoms with E-state index in [1.807, 2.05) is 38.1 Å². The van der Waals surface area contributed by atoms with Crippen molar-refractivity contribution in [2.45, 2.75) is 30.0 Å². The minimum atomic E-state index is -3.71. The third-order valence-corrected chi connectivity index (χ3v) is 6.60. The van der Waals surface area contributed by atoms with Crippen LogP contribution in [0.5, 0.6) is 0 Å². The van der Waals surface area contributed by atoms with Gasteiger partial charge in [0.1, 0.15) is 9.75 Å². The average molecular weight is 380 g/mol. The highest BCUT2D eigenvalue weighted by atomic mass is 32.3. The largest absolute Gasteiger partial charge is 0.370 e. The van der Waals surface area contributed by atoms with Crippen molar-refractivity contribution in [1.82, 2.24) is 0 Å². The van der Waals surface area contributed by atoms with Crippen molar-refractivity contribution < 1.29 is 17.4 Å². The van der Waals surface area contributed by atoms with Crippen molar-refractivity contribution in [3.63, 3.8) is 0 Å². The summed E-state index contributed by atoms with van der Waals surface area (Å²) in [6.07, 6.45) is 0.417. The smallest absolute Gasteiger partial charge is 0.306 e. The van der Waals surface area contributed by atoms with E-state index in [1.165, 1.54) is 6.07 Å². The van der Waals surface area contributed by atoms with Crippen LogP contribution in [0, 0.1) is 0 Å². The second-order valence-electron chi connectivity index (χ2n) is 6.29. The van der Waals surface area contributed by atoms with E-state index in [-0.39, 0.29) is 16.7 Å². The van der Waals surface area contributed by atoms with Crippen molar-refractivity contribution >= 4 is 38.7 Å². The van der Waals surface area contributed by atoms with Crippen LogP contribution in [0.2, 0.25) is 0 Å². The number of hydrogen-bond donors (Lipinski definition) is 1. The number of benzene rings is 1. The number of carbonyl (C=O) groups excluding carboxylic acids is 1. The third-order valence-electron chi connectivity index (χ3n) is 3.93. The summed E-state index contributed by atoms with van der Waals surface area (Å²) in [6.45, 7) is 4.08. The third kappa shape index (κ3) is 3.70. The monoisotopic (exact) mass is 380 g/mol. The summed E-state index contributed by atoms with van der Waals surface area (Å²) in [4.78, 5) is 14.4. The Hall–Kier alpha value is -1.90. The number of nitrogens with one attached hydrogen (secondary N) is 1. The fourth-order valence-corrected chi connectivity index (χ4v) is 4.66. The number of para-hydroxylation sites is 2. The molecule has 1 aromatic carbocycles. The summed E-state index contributed by atoms with van der Waals surface area (Å²) in [6, 6.07) is 10.8. The van der Waals surface area contributed by atoms with Crippen LogP contribution in [0.1, 0.15) is 20.3 Å². The van der Waals surface area contributed by atoms with Crippen molar-refractivity contribution in [3.05, 3.63) is 41.8 Å². The summed E-state index contributed by atoms with van der Waals surface area (Å²) in [5.74, 6) is -0.0488.